The molecule has 0 atom stereocenters. The molecule has 0 unspecified atom stereocenters. The SMILES string of the molecule is COc1ccc(Oc2ccc(CNC(=O)C3(NC(=O)c4cncnc4)CCC(O)CC3)cc2)c(C(F)(F)F)c1. The Balaban J connectivity index is 1.42. The van der Waals surface area contributed by atoms with Gasteiger partial charge in [0.15, 0.2) is 0 Å². The molecule has 1 aliphatic carbocycles. The van der Waals surface area contributed by atoms with E-state index in [9.17, 15) is 27.9 Å². The highest BCUT2D eigenvalue weighted by molar-refractivity contribution is 5.99. The lowest BCUT2D eigenvalue weighted by molar-refractivity contribution is -0.138. The number of aliphatic hydroxyl groups excluding tert-OH is 1. The first kappa shape index (κ1) is 27.8. The molecule has 1 heterocycles. The molecule has 2 aromatic carbocycles. The number of nitrogens with zero attached hydrogens (tertiary/aromatic N) is 2. The number of methoxy groups -OCH3 is 1. The molecular formula is C27H27F3N4O5. The molecule has 4 rings (SSSR count). The number of carbonyl (C=O) groups is 2. The van der Waals surface area contributed by atoms with Crippen LogP contribution in [-0.4, -0.2) is 45.6 Å². The average Bonchev–Trinajstić information content (AvgIpc) is 2.94. The number of carbonyl (C=O) groups excluding carboxylic acids is 2. The maximum absolute atomic E-state index is 13.5. The van der Waals surface area contributed by atoms with E-state index in [0.29, 0.717) is 18.4 Å². The second-order valence-electron chi connectivity index (χ2n) is 9.18. The first-order chi connectivity index (χ1) is 18.6. The van der Waals surface area contributed by atoms with Gasteiger partial charge in [0, 0.05) is 18.9 Å². The zero-order valence-electron chi connectivity index (χ0n) is 21.0. The number of aromatic nitrogens is 2. The molecule has 3 N–H and O–H groups in total. The van der Waals surface area contributed by atoms with Crippen molar-refractivity contribution >= 4 is 11.8 Å². The molecular weight excluding hydrogens is 517 g/mol. The third kappa shape index (κ3) is 6.82. The van der Waals surface area contributed by atoms with Crippen LogP contribution in [0.1, 0.15) is 47.2 Å². The van der Waals surface area contributed by atoms with Gasteiger partial charge < -0.3 is 25.2 Å². The molecule has 1 aliphatic rings. The van der Waals surface area contributed by atoms with Crippen LogP contribution >= 0.6 is 0 Å². The summed E-state index contributed by atoms with van der Waals surface area (Å²) in [5.74, 6) is -1.05. The van der Waals surface area contributed by atoms with Crippen molar-refractivity contribution in [2.45, 2.75) is 50.0 Å². The minimum absolute atomic E-state index is 0.0549. The fraction of sp³-hybridized carbons (Fsp3) is 0.333. The van der Waals surface area contributed by atoms with Gasteiger partial charge in [-0.15, -0.1) is 0 Å². The summed E-state index contributed by atoms with van der Waals surface area (Å²) in [5, 5.41) is 15.6. The number of alkyl halides is 3. The van der Waals surface area contributed by atoms with Crippen molar-refractivity contribution in [3.8, 4) is 17.2 Å². The molecule has 12 heteroatoms. The Kier molecular flexibility index (Phi) is 8.34. The first-order valence-electron chi connectivity index (χ1n) is 12.2. The van der Waals surface area contributed by atoms with Gasteiger partial charge in [0.2, 0.25) is 5.91 Å². The lowest BCUT2D eigenvalue weighted by Crippen LogP contribution is -2.60. The van der Waals surface area contributed by atoms with Gasteiger partial charge >= 0.3 is 6.18 Å². The van der Waals surface area contributed by atoms with Crippen LogP contribution in [0.5, 0.6) is 17.2 Å². The standard InChI is InChI=1S/C27H27F3N4O5/c1-38-21-6-7-23(22(12-21)27(28,29)30)39-20-4-2-17(3-5-20)13-33-25(37)26(10-8-19(35)9-11-26)34-24(36)18-14-31-16-32-15-18/h2-7,12,14-16,19,35H,8-11,13H2,1H3,(H,33,37)(H,34,36). The van der Waals surface area contributed by atoms with Gasteiger partial charge in [-0.05, 0) is 61.6 Å². The molecule has 0 radical (unpaired) electrons. The van der Waals surface area contributed by atoms with Gasteiger partial charge in [0.25, 0.3) is 5.91 Å². The summed E-state index contributed by atoms with van der Waals surface area (Å²) in [5.41, 5.74) is -1.32. The predicted molar refractivity (Wildman–Crippen MR) is 133 cm³/mol. The number of halogens is 3. The van der Waals surface area contributed by atoms with Crippen LogP contribution in [0.25, 0.3) is 0 Å². The molecule has 206 valence electrons. The van der Waals surface area contributed by atoms with E-state index in [1.807, 2.05) is 0 Å². The highest BCUT2D eigenvalue weighted by Crippen LogP contribution is 2.40. The number of hydrogen-bond acceptors (Lipinski definition) is 7. The van der Waals surface area contributed by atoms with E-state index in [1.54, 1.807) is 12.1 Å². The maximum Gasteiger partial charge on any atom is 0.420 e. The summed E-state index contributed by atoms with van der Waals surface area (Å²) in [6.45, 7) is 0.101. The average molecular weight is 545 g/mol. The second kappa shape index (κ2) is 11.7. The molecule has 1 aromatic heterocycles. The fourth-order valence-corrected chi connectivity index (χ4v) is 4.31. The third-order valence-electron chi connectivity index (χ3n) is 6.52. The topological polar surface area (TPSA) is 123 Å². The molecule has 39 heavy (non-hydrogen) atoms. The number of benzene rings is 2. The quantitative estimate of drug-likeness (QED) is 0.392. The molecule has 0 bridgehead atoms. The van der Waals surface area contributed by atoms with Crippen molar-refractivity contribution in [1.82, 2.24) is 20.6 Å². The van der Waals surface area contributed by atoms with Crippen molar-refractivity contribution in [3.63, 3.8) is 0 Å². The van der Waals surface area contributed by atoms with E-state index < -0.39 is 35.2 Å². The number of hydrogen-bond donors (Lipinski definition) is 3. The van der Waals surface area contributed by atoms with Crippen LogP contribution in [0, 0.1) is 0 Å². The fourth-order valence-electron chi connectivity index (χ4n) is 4.31. The Morgan fingerprint density at radius 1 is 1.05 bits per heavy atom. The summed E-state index contributed by atoms with van der Waals surface area (Å²) >= 11 is 0. The number of amides is 2. The Morgan fingerprint density at radius 3 is 2.31 bits per heavy atom. The van der Waals surface area contributed by atoms with Crippen LogP contribution in [0.4, 0.5) is 13.2 Å². The van der Waals surface area contributed by atoms with Gasteiger partial charge in [-0.25, -0.2) is 9.97 Å². The molecule has 0 aliphatic heterocycles. The molecule has 1 fully saturated rings. The number of ether oxygens (including phenoxy) is 2. The van der Waals surface area contributed by atoms with Crippen LogP contribution in [0.2, 0.25) is 0 Å². The Hall–Kier alpha value is -4.19. The van der Waals surface area contributed by atoms with E-state index in [1.165, 1.54) is 50.1 Å². The van der Waals surface area contributed by atoms with E-state index in [4.69, 9.17) is 9.47 Å². The molecule has 0 saturated heterocycles. The van der Waals surface area contributed by atoms with Gasteiger partial charge in [-0.2, -0.15) is 13.2 Å². The minimum atomic E-state index is -4.64. The van der Waals surface area contributed by atoms with Crippen LogP contribution in [-0.2, 0) is 17.5 Å². The first-order valence-corrected chi connectivity index (χ1v) is 12.2. The van der Waals surface area contributed by atoms with Crippen molar-refractivity contribution < 1.29 is 37.3 Å². The molecule has 1 saturated carbocycles. The highest BCUT2D eigenvalue weighted by Gasteiger charge is 2.43. The van der Waals surface area contributed by atoms with Crippen molar-refractivity contribution in [2.75, 3.05) is 7.11 Å². The number of rotatable bonds is 8. The third-order valence-corrected chi connectivity index (χ3v) is 6.52. The van der Waals surface area contributed by atoms with Gasteiger partial charge in [0.05, 0.1) is 18.8 Å². The molecule has 0 spiro atoms. The summed E-state index contributed by atoms with van der Waals surface area (Å²) in [7, 11) is 1.28. The lowest BCUT2D eigenvalue weighted by atomic mass is 9.79. The molecule has 9 nitrogen and oxygen atoms in total. The van der Waals surface area contributed by atoms with Crippen molar-refractivity contribution in [3.05, 3.63) is 77.9 Å². The van der Waals surface area contributed by atoms with Gasteiger partial charge in [-0.3, -0.25) is 9.59 Å². The zero-order chi connectivity index (χ0) is 28.0. The Labute approximate surface area is 222 Å². The van der Waals surface area contributed by atoms with E-state index >= 15 is 0 Å². The minimum Gasteiger partial charge on any atom is -0.497 e. The predicted octanol–water partition coefficient (Wildman–Crippen LogP) is 4.02. The van der Waals surface area contributed by atoms with Crippen LogP contribution in [0.15, 0.2) is 61.2 Å². The maximum atomic E-state index is 13.5. The smallest absolute Gasteiger partial charge is 0.420 e. The van der Waals surface area contributed by atoms with Crippen molar-refractivity contribution in [2.24, 2.45) is 0 Å². The number of nitrogens with one attached hydrogen (secondary N) is 2. The Bertz CT molecular complexity index is 1300. The summed E-state index contributed by atoms with van der Waals surface area (Å²) in [6.07, 6.45) is -0.0322. The zero-order valence-corrected chi connectivity index (χ0v) is 21.0. The van der Waals surface area contributed by atoms with Crippen LogP contribution in [0.3, 0.4) is 0 Å². The summed E-state index contributed by atoms with van der Waals surface area (Å²) < 4.78 is 50.8. The second-order valence-corrected chi connectivity index (χ2v) is 9.18. The van der Waals surface area contributed by atoms with E-state index in [-0.39, 0.29) is 42.2 Å². The summed E-state index contributed by atoms with van der Waals surface area (Å²) in [6, 6.07) is 9.64. The number of aliphatic hydroxyl groups is 1. The lowest BCUT2D eigenvalue weighted by Gasteiger charge is -2.38. The Morgan fingerprint density at radius 2 is 1.69 bits per heavy atom. The van der Waals surface area contributed by atoms with Crippen LogP contribution < -0.4 is 20.1 Å². The molecule has 2 amide bonds. The van der Waals surface area contributed by atoms with E-state index in [0.717, 1.165) is 6.07 Å². The van der Waals surface area contributed by atoms with Crippen molar-refractivity contribution in [1.29, 1.82) is 0 Å². The normalized spacial score (nSPS) is 19.2. The van der Waals surface area contributed by atoms with E-state index in [2.05, 4.69) is 20.6 Å². The molecule has 3 aromatic rings. The van der Waals surface area contributed by atoms with Gasteiger partial charge in [-0.1, -0.05) is 12.1 Å². The van der Waals surface area contributed by atoms with Gasteiger partial charge in [0.1, 0.15) is 34.7 Å². The highest BCUT2D eigenvalue weighted by atomic mass is 19.4. The largest absolute Gasteiger partial charge is 0.497 e. The summed E-state index contributed by atoms with van der Waals surface area (Å²) in [4.78, 5) is 33.7. The monoisotopic (exact) mass is 544 g/mol.